The molecular weight excluding hydrogens is 411 g/mol. The predicted octanol–water partition coefficient (Wildman–Crippen LogP) is 4.21. The van der Waals surface area contributed by atoms with E-state index in [1.807, 2.05) is 12.1 Å². The van der Waals surface area contributed by atoms with Gasteiger partial charge in [-0.1, -0.05) is 0 Å². The third kappa shape index (κ3) is 5.66. The van der Waals surface area contributed by atoms with Gasteiger partial charge in [0.25, 0.3) is 5.88 Å². The molecule has 0 spiro atoms. The highest BCUT2D eigenvalue weighted by atomic mass is 19.1. The molecule has 2 heterocycles. The van der Waals surface area contributed by atoms with Crippen LogP contribution in [-0.2, 0) is 4.74 Å². The number of nitrogens with one attached hydrogen (secondary N) is 1. The Morgan fingerprint density at radius 2 is 1.75 bits per heavy atom. The molecule has 1 aromatic carbocycles. The Hall–Kier alpha value is -2.45. The van der Waals surface area contributed by atoms with Gasteiger partial charge >= 0.3 is 0 Å². The molecule has 7 nitrogen and oxygen atoms in total. The molecule has 2 aliphatic rings. The molecule has 4 rings (SSSR count). The standard InChI is InChI=1S/C24H33FN4O3/c1-15-12-29(13-16(2)32-15)20-8-6-19(7-9-20)27-24-26-17(3)22(25)23(28-24)31-14-18-4-10-21(30)11-5-18/h6-9,15-16,18,21,30H,4-5,10-14H2,1-3H3,(H,26,27,28)/t15-,16+,18?,21?. The van der Waals surface area contributed by atoms with E-state index >= 15 is 0 Å². The Balaban J connectivity index is 1.40. The highest BCUT2D eigenvalue weighted by Crippen LogP contribution is 2.27. The number of benzene rings is 1. The molecule has 2 fully saturated rings. The first-order valence-corrected chi connectivity index (χ1v) is 11.5. The Morgan fingerprint density at radius 3 is 2.41 bits per heavy atom. The number of hydrogen-bond acceptors (Lipinski definition) is 7. The maximum atomic E-state index is 14.5. The monoisotopic (exact) mass is 444 g/mol. The fraction of sp³-hybridized carbons (Fsp3) is 0.583. The Morgan fingerprint density at radius 1 is 1.09 bits per heavy atom. The summed E-state index contributed by atoms with van der Waals surface area (Å²) in [6, 6.07) is 8.04. The van der Waals surface area contributed by atoms with Crippen LogP contribution in [-0.4, -0.2) is 53.1 Å². The lowest BCUT2D eigenvalue weighted by Gasteiger charge is -2.36. The van der Waals surface area contributed by atoms with Crippen molar-refractivity contribution < 1.29 is 19.0 Å². The second-order valence-electron chi connectivity index (χ2n) is 9.07. The van der Waals surface area contributed by atoms with E-state index in [1.54, 1.807) is 6.92 Å². The van der Waals surface area contributed by atoms with Crippen LogP contribution in [0.2, 0.25) is 0 Å². The summed E-state index contributed by atoms with van der Waals surface area (Å²) >= 11 is 0. The second-order valence-corrected chi connectivity index (χ2v) is 9.07. The zero-order chi connectivity index (χ0) is 22.7. The minimum atomic E-state index is -0.530. The zero-order valence-electron chi connectivity index (χ0n) is 19.1. The quantitative estimate of drug-likeness (QED) is 0.691. The number of aryl methyl sites for hydroxylation is 1. The van der Waals surface area contributed by atoms with E-state index in [0.717, 1.165) is 50.1 Å². The van der Waals surface area contributed by atoms with Gasteiger partial charge in [0.1, 0.15) is 0 Å². The largest absolute Gasteiger partial charge is 0.475 e. The molecule has 0 bridgehead atoms. The molecule has 1 aromatic heterocycles. The molecular formula is C24H33FN4O3. The van der Waals surface area contributed by atoms with Gasteiger partial charge in [0.2, 0.25) is 11.8 Å². The first kappa shape index (κ1) is 22.7. The number of aliphatic hydroxyl groups is 1. The summed E-state index contributed by atoms with van der Waals surface area (Å²) < 4.78 is 26.1. The second kappa shape index (κ2) is 10.0. The highest BCUT2D eigenvalue weighted by molar-refractivity contribution is 5.59. The fourth-order valence-electron chi connectivity index (χ4n) is 4.47. The summed E-state index contributed by atoms with van der Waals surface area (Å²) in [7, 11) is 0. The van der Waals surface area contributed by atoms with E-state index in [1.165, 1.54) is 0 Å². The SMILES string of the molecule is Cc1nc(Nc2ccc(N3C[C@@H](C)O[C@@H](C)C3)cc2)nc(OCC2CCC(O)CC2)c1F. The lowest BCUT2D eigenvalue weighted by molar-refractivity contribution is -0.00521. The number of rotatable bonds is 6. The van der Waals surface area contributed by atoms with Crippen molar-refractivity contribution in [1.82, 2.24) is 9.97 Å². The molecule has 2 atom stereocenters. The van der Waals surface area contributed by atoms with Crippen LogP contribution in [0.3, 0.4) is 0 Å². The normalized spacial score (nSPS) is 26.1. The molecule has 8 heteroatoms. The maximum absolute atomic E-state index is 14.5. The topological polar surface area (TPSA) is 79.7 Å². The van der Waals surface area contributed by atoms with Crippen LogP contribution >= 0.6 is 0 Å². The van der Waals surface area contributed by atoms with Gasteiger partial charge < -0.3 is 24.8 Å². The van der Waals surface area contributed by atoms with E-state index in [0.29, 0.717) is 18.5 Å². The average molecular weight is 445 g/mol. The molecule has 2 aromatic rings. The van der Waals surface area contributed by atoms with Gasteiger partial charge in [0, 0.05) is 24.5 Å². The number of ether oxygens (including phenoxy) is 2. The first-order valence-electron chi connectivity index (χ1n) is 11.5. The summed E-state index contributed by atoms with van der Waals surface area (Å²) in [5, 5.41) is 12.8. The minimum absolute atomic E-state index is 0.0287. The first-order chi connectivity index (χ1) is 15.4. The van der Waals surface area contributed by atoms with Crippen molar-refractivity contribution in [2.75, 3.05) is 29.9 Å². The summed E-state index contributed by atoms with van der Waals surface area (Å²) in [4.78, 5) is 10.8. The molecule has 1 saturated carbocycles. The Bertz CT molecular complexity index is 893. The van der Waals surface area contributed by atoms with Gasteiger partial charge in [-0.15, -0.1) is 0 Å². The van der Waals surface area contributed by atoms with E-state index in [4.69, 9.17) is 9.47 Å². The summed E-state index contributed by atoms with van der Waals surface area (Å²) in [5.74, 6) is 0.0540. The van der Waals surface area contributed by atoms with Crippen molar-refractivity contribution >= 4 is 17.3 Å². The number of aromatic nitrogens is 2. The molecule has 1 aliphatic carbocycles. The molecule has 1 saturated heterocycles. The van der Waals surface area contributed by atoms with E-state index in [9.17, 15) is 9.50 Å². The van der Waals surface area contributed by atoms with Gasteiger partial charge in [0.15, 0.2) is 0 Å². The van der Waals surface area contributed by atoms with Gasteiger partial charge in [0.05, 0.1) is 30.6 Å². The average Bonchev–Trinajstić information content (AvgIpc) is 2.76. The smallest absolute Gasteiger partial charge is 0.255 e. The zero-order valence-corrected chi connectivity index (χ0v) is 19.1. The molecule has 1 aliphatic heterocycles. The van der Waals surface area contributed by atoms with Crippen molar-refractivity contribution in [3.8, 4) is 5.88 Å². The van der Waals surface area contributed by atoms with Crippen LogP contribution in [0.5, 0.6) is 5.88 Å². The molecule has 0 unspecified atom stereocenters. The van der Waals surface area contributed by atoms with Crippen molar-refractivity contribution in [3.05, 3.63) is 35.8 Å². The number of anilines is 3. The maximum Gasteiger partial charge on any atom is 0.255 e. The van der Waals surface area contributed by atoms with Gasteiger partial charge in [-0.05, 0) is 76.6 Å². The summed E-state index contributed by atoms with van der Waals surface area (Å²) in [5.41, 5.74) is 2.20. The van der Waals surface area contributed by atoms with Crippen LogP contribution in [0.4, 0.5) is 21.7 Å². The Kier molecular flexibility index (Phi) is 7.10. The molecule has 0 radical (unpaired) electrons. The van der Waals surface area contributed by atoms with Gasteiger partial charge in [-0.3, -0.25) is 0 Å². The van der Waals surface area contributed by atoms with Gasteiger partial charge in [-0.25, -0.2) is 4.98 Å². The van der Waals surface area contributed by atoms with Crippen LogP contribution in [0.1, 0.15) is 45.2 Å². The van der Waals surface area contributed by atoms with Crippen LogP contribution < -0.4 is 15.0 Å². The third-order valence-electron chi connectivity index (χ3n) is 6.17. The van der Waals surface area contributed by atoms with Crippen LogP contribution in [0, 0.1) is 18.7 Å². The van der Waals surface area contributed by atoms with Crippen molar-refractivity contribution in [3.63, 3.8) is 0 Å². The fourth-order valence-corrected chi connectivity index (χ4v) is 4.47. The van der Waals surface area contributed by atoms with Crippen LogP contribution in [0.25, 0.3) is 0 Å². The number of hydrogen-bond donors (Lipinski definition) is 2. The minimum Gasteiger partial charge on any atom is -0.475 e. The number of morpholine rings is 1. The third-order valence-corrected chi connectivity index (χ3v) is 6.17. The molecule has 32 heavy (non-hydrogen) atoms. The van der Waals surface area contributed by atoms with E-state index in [-0.39, 0.29) is 29.9 Å². The van der Waals surface area contributed by atoms with Crippen molar-refractivity contribution in [2.24, 2.45) is 5.92 Å². The Labute approximate surface area is 189 Å². The van der Waals surface area contributed by atoms with Crippen LogP contribution in [0.15, 0.2) is 24.3 Å². The molecule has 174 valence electrons. The number of halogens is 1. The highest BCUT2D eigenvalue weighted by Gasteiger charge is 2.23. The number of nitrogens with zero attached hydrogens (tertiary/aromatic N) is 3. The molecule has 0 amide bonds. The lowest BCUT2D eigenvalue weighted by atomic mass is 9.88. The number of aliphatic hydroxyl groups excluding tert-OH is 1. The summed E-state index contributed by atoms with van der Waals surface area (Å²) in [6.45, 7) is 7.89. The van der Waals surface area contributed by atoms with E-state index < -0.39 is 5.82 Å². The van der Waals surface area contributed by atoms with Crippen molar-refractivity contribution in [2.45, 2.75) is 64.8 Å². The molecule has 2 N–H and O–H groups in total. The predicted molar refractivity (Wildman–Crippen MR) is 122 cm³/mol. The lowest BCUT2D eigenvalue weighted by Crippen LogP contribution is -2.45. The van der Waals surface area contributed by atoms with Gasteiger partial charge in [-0.2, -0.15) is 9.37 Å². The van der Waals surface area contributed by atoms with Crippen molar-refractivity contribution in [1.29, 1.82) is 0 Å². The summed E-state index contributed by atoms with van der Waals surface area (Å²) in [6.07, 6.45) is 3.47. The van der Waals surface area contributed by atoms with E-state index in [2.05, 4.69) is 46.2 Å².